The number of nitrogens with zero attached hydrogens (tertiary/aromatic N) is 4. The Balaban J connectivity index is 1.40. The van der Waals surface area contributed by atoms with E-state index in [1.807, 2.05) is 6.92 Å². The second kappa shape index (κ2) is 10.1. The quantitative estimate of drug-likeness (QED) is 0.536. The van der Waals surface area contributed by atoms with E-state index in [-0.39, 0.29) is 29.2 Å². The van der Waals surface area contributed by atoms with Crippen molar-refractivity contribution < 1.29 is 14.0 Å². The fourth-order valence-corrected chi connectivity index (χ4v) is 3.83. The van der Waals surface area contributed by atoms with E-state index < -0.39 is 0 Å². The first-order valence-corrected chi connectivity index (χ1v) is 10.6. The molecule has 152 valence electrons. The maximum atomic E-state index is 13.1. The van der Waals surface area contributed by atoms with Gasteiger partial charge in [0.25, 0.3) is 5.91 Å². The molecule has 2 heterocycles. The van der Waals surface area contributed by atoms with Gasteiger partial charge in [-0.1, -0.05) is 41.7 Å². The normalized spacial score (nSPS) is 10.7. The minimum absolute atomic E-state index is 0.125. The molecular formula is C18H19FN6O2S2. The van der Waals surface area contributed by atoms with Crippen molar-refractivity contribution in [2.45, 2.75) is 39.2 Å². The molecule has 0 radical (unpaired) electrons. The van der Waals surface area contributed by atoms with E-state index >= 15 is 0 Å². The van der Waals surface area contributed by atoms with Crippen LogP contribution in [0.15, 0.2) is 24.3 Å². The zero-order valence-corrected chi connectivity index (χ0v) is 17.3. The summed E-state index contributed by atoms with van der Waals surface area (Å²) in [5, 5.41) is 23.4. The Morgan fingerprint density at radius 3 is 2.69 bits per heavy atom. The Bertz CT molecular complexity index is 990. The van der Waals surface area contributed by atoms with Gasteiger partial charge in [-0.3, -0.25) is 14.9 Å². The molecule has 0 aliphatic carbocycles. The van der Waals surface area contributed by atoms with Crippen LogP contribution in [0, 0.1) is 5.82 Å². The number of hydrogen-bond acceptors (Lipinski definition) is 8. The Morgan fingerprint density at radius 1 is 1.10 bits per heavy atom. The van der Waals surface area contributed by atoms with Crippen LogP contribution in [0.4, 0.5) is 9.52 Å². The highest BCUT2D eigenvalue weighted by Crippen LogP contribution is 2.18. The minimum Gasteiger partial charge on any atom is -0.352 e. The van der Waals surface area contributed by atoms with Crippen LogP contribution in [0.1, 0.15) is 45.1 Å². The number of aryl methyl sites for hydroxylation is 2. The van der Waals surface area contributed by atoms with Crippen LogP contribution in [0.25, 0.3) is 0 Å². The van der Waals surface area contributed by atoms with E-state index in [9.17, 15) is 14.0 Å². The van der Waals surface area contributed by atoms with Crippen LogP contribution < -0.4 is 10.6 Å². The zero-order valence-electron chi connectivity index (χ0n) is 15.6. The van der Waals surface area contributed by atoms with Gasteiger partial charge >= 0.3 is 0 Å². The highest BCUT2D eigenvalue weighted by molar-refractivity contribution is 7.16. The SMILES string of the molecule is CCc1nnc(NC(=O)c2nnc(CCCC(=O)NCc3cccc(F)c3)s2)s1. The number of halogens is 1. The van der Waals surface area contributed by atoms with Gasteiger partial charge in [0, 0.05) is 19.4 Å². The molecule has 0 atom stereocenters. The van der Waals surface area contributed by atoms with Gasteiger partial charge < -0.3 is 5.32 Å². The van der Waals surface area contributed by atoms with Crippen molar-refractivity contribution in [1.82, 2.24) is 25.7 Å². The molecule has 0 saturated carbocycles. The summed E-state index contributed by atoms with van der Waals surface area (Å²) in [5.41, 5.74) is 0.708. The van der Waals surface area contributed by atoms with Crippen LogP contribution in [0.5, 0.6) is 0 Å². The summed E-state index contributed by atoms with van der Waals surface area (Å²) in [7, 11) is 0. The molecule has 8 nitrogen and oxygen atoms in total. The minimum atomic E-state index is -0.375. The van der Waals surface area contributed by atoms with Crippen molar-refractivity contribution in [3.8, 4) is 0 Å². The predicted octanol–water partition coefficient (Wildman–Crippen LogP) is 2.98. The topological polar surface area (TPSA) is 110 Å². The summed E-state index contributed by atoms with van der Waals surface area (Å²) < 4.78 is 13.1. The lowest BCUT2D eigenvalue weighted by molar-refractivity contribution is -0.121. The average molecular weight is 435 g/mol. The third-order valence-electron chi connectivity index (χ3n) is 3.82. The Labute approximate surface area is 174 Å². The Hall–Kier alpha value is -2.79. The molecule has 3 rings (SSSR count). The van der Waals surface area contributed by atoms with Crippen molar-refractivity contribution in [2.75, 3.05) is 5.32 Å². The van der Waals surface area contributed by atoms with Gasteiger partial charge in [0.1, 0.15) is 15.8 Å². The third kappa shape index (κ3) is 6.36. The second-order valence-corrected chi connectivity index (χ2v) is 8.19. The molecule has 2 aromatic heterocycles. The fraction of sp³-hybridized carbons (Fsp3) is 0.333. The van der Waals surface area contributed by atoms with E-state index in [2.05, 4.69) is 31.0 Å². The summed E-state index contributed by atoms with van der Waals surface area (Å²) >= 11 is 2.51. The van der Waals surface area contributed by atoms with Crippen molar-refractivity contribution in [2.24, 2.45) is 0 Å². The molecule has 0 fully saturated rings. The van der Waals surface area contributed by atoms with Gasteiger partial charge in [0.2, 0.25) is 16.0 Å². The van der Waals surface area contributed by atoms with Crippen LogP contribution in [-0.4, -0.2) is 32.2 Å². The number of nitrogens with one attached hydrogen (secondary N) is 2. The highest BCUT2D eigenvalue weighted by atomic mass is 32.1. The van der Waals surface area contributed by atoms with Gasteiger partial charge in [0.15, 0.2) is 0 Å². The first kappa shape index (κ1) is 20.9. The standard InChI is InChI=1S/C18H19FN6O2S2/c1-2-14-22-25-18(29-14)21-16(27)17-24-23-15(28-17)8-4-7-13(26)20-10-11-5-3-6-12(19)9-11/h3,5-6,9H,2,4,7-8,10H2,1H3,(H,20,26)(H,21,25,27). The molecule has 0 saturated heterocycles. The summed E-state index contributed by atoms with van der Waals surface area (Å²) in [6.07, 6.45) is 2.17. The lowest BCUT2D eigenvalue weighted by atomic mass is 10.2. The number of carbonyl (C=O) groups excluding carboxylic acids is 2. The van der Waals surface area contributed by atoms with Crippen molar-refractivity contribution in [3.63, 3.8) is 0 Å². The van der Waals surface area contributed by atoms with Crippen LogP contribution >= 0.6 is 22.7 Å². The van der Waals surface area contributed by atoms with E-state index in [0.717, 1.165) is 11.4 Å². The largest absolute Gasteiger partial charge is 0.352 e. The number of anilines is 1. The Kier molecular flexibility index (Phi) is 7.30. The number of benzene rings is 1. The van der Waals surface area contributed by atoms with E-state index in [4.69, 9.17) is 0 Å². The van der Waals surface area contributed by atoms with Gasteiger partial charge in [-0.15, -0.1) is 20.4 Å². The molecule has 2 N–H and O–H groups in total. The summed E-state index contributed by atoms with van der Waals surface area (Å²) in [6, 6.07) is 6.10. The third-order valence-corrected chi connectivity index (χ3v) is 5.79. The van der Waals surface area contributed by atoms with E-state index in [1.54, 1.807) is 12.1 Å². The lowest BCUT2D eigenvalue weighted by Gasteiger charge is -2.05. The Morgan fingerprint density at radius 2 is 1.93 bits per heavy atom. The lowest BCUT2D eigenvalue weighted by Crippen LogP contribution is -2.22. The summed E-state index contributed by atoms with van der Waals surface area (Å²) in [5.74, 6) is -0.829. The zero-order chi connectivity index (χ0) is 20.6. The van der Waals surface area contributed by atoms with E-state index in [0.29, 0.717) is 35.0 Å². The summed E-state index contributed by atoms with van der Waals surface area (Å²) in [4.78, 5) is 24.1. The fourth-order valence-electron chi connectivity index (χ4n) is 2.38. The molecule has 0 spiro atoms. The molecule has 0 bridgehead atoms. The molecule has 0 unspecified atom stereocenters. The maximum absolute atomic E-state index is 13.1. The molecule has 1 aromatic carbocycles. The van der Waals surface area contributed by atoms with Gasteiger partial charge in [0.05, 0.1) is 0 Å². The maximum Gasteiger partial charge on any atom is 0.288 e. The number of amides is 2. The van der Waals surface area contributed by atoms with Crippen LogP contribution in [-0.2, 0) is 24.2 Å². The number of hydrogen-bond donors (Lipinski definition) is 2. The first-order chi connectivity index (χ1) is 14.0. The molecule has 0 aliphatic rings. The van der Waals surface area contributed by atoms with Crippen molar-refractivity contribution in [3.05, 3.63) is 50.7 Å². The smallest absolute Gasteiger partial charge is 0.288 e. The highest BCUT2D eigenvalue weighted by Gasteiger charge is 2.15. The van der Waals surface area contributed by atoms with Crippen molar-refractivity contribution >= 4 is 39.6 Å². The van der Waals surface area contributed by atoms with Gasteiger partial charge in [-0.2, -0.15) is 0 Å². The van der Waals surface area contributed by atoms with E-state index in [1.165, 1.54) is 34.8 Å². The van der Waals surface area contributed by atoms with Crippen LogP contribution in [0.3, 0.4) is 0 Å². The molecule has 0 aliphatic heterocycles. The number of carbonyl (C=O) groups is 2. The molecule has 29 heavy (non-hydrogen) atoms. The molecule has 11 heteroatoms. The average Bonchev–Trinajstić information content (AvgIpc) is 3.36. The van der Waals surface area contributed by atoms with Crippen LogP contribution in [0.2, 0.25) is 0 Å². The molecular weight excluding hydrogens is 415 g/mol. The molecule has 3 aromatic rings. The van der Waals surface area contributed by atoms with Gasteiger partial charge in [-0.05, 0) is 30.5 Å². The molecule has 2 amide bonds. The monoisotopic (exact) mass is 434 g/mol. The second-order valence-electron chi connectivity index (χ2n) is 6.07. The van der Waals surface area contributed by atoms with Crippen molar-refractivity contribution in [1.29, 1.82) is 0 Å². The number of rotatable bonds is 9. The summed E-state index contributed by atoms with van der Waals surface area (Å²) in [6.45, 7) is 2.25. The van der Waals surface area contributed by atoms with Gasteiger partial charge in [-0.25, -0.2) is 4.39 Å². The first-order valence-electron chi connectivity index (χ1n) is 9.00. The number of aromatic nitrogens is 4. The predicted molar refractivity (Wildman–Crippen MR) is 108 cm³/mol.